The summed E-state index contributed by atoms with van der Waals surface area (Å²) in [5.41, 5.74) is 3.46. The van der Waals surface area contributed by atoms with Crippen LogP contribution in [0, 0.1) is 11.3 Å². The lowest BCUT2D eigenvalue weighted by Gasteiger charge is -2.18. The minimum atomic E-state index is 0.332. The van der Waals surface area contributed by atoms with Gasteiger partial charge >= 0.3 is 0 Å². The Hall–Kier alpha value is -0.520. The molecule has 0 heteroatoms. The summed E-state index contributed by atoms with van der Waals surface area (Å²) in [5, 5.41) is 0. The molecule has 0 heterocycles. The van der Waals surface area contributed by atoms with Crippen LogP contribution in [0.4, 0.5) is 0 Å². The molecule has 0 atom stereocenters. The molecule has 1 aliphatic carbocycles. The topological polar surface area (TPSA) is 0 Å². The third-order valence-electron chi connectivity index (χ3n) is 2.48. The SMILES string of the molecule is CC(C)CC1=CC(C(C)(C)C)=CC1. The maximum Gasteiger partial charge on any atom is -0.0129 e. The summed E-state index contributed by atoms with van der Waals surface area (Å²) in [5.74, 6) is 0.791. The van der Waals surface area contributed by atoms with Crippen molar-refractivity contribution in [1.29, 1.82) is 0 Å². The van der Waals surface area contributed by atoms with Crippen LogP contribution in [-0.2, 0) is 0 Å². The van der Waals surface area contributed by atoms with Gasteiger partial charge in [0.1, 0.15) is 0 Å². The summed E-state index contributed by atoms with van der Waals surface area (Å²) in [7, 11) is 0. The predicted octanol–water partition coefficient (Wildman–Crippen LogP) is 4.34. The van der Waals surface area contributed by atoms with Gasteiger partial charge in [-0.1, -0.05) is 52.3 Å². The molecule has 1 rings (SSSR count). The summed E-state index contributed by atoms with van der Waals surface area (Å²) in [6, 6.07) is 0. The molecule has 13 heavy (non-hydrogen) atoms. The molecule has 0 radical (unpaired) electrons. The Labute approximate surface area is 82.7 Å². The maximum absolute atomic E-state index is 2.40. The van der Waals surface area contributed by atoms with Crippen molar-refractivity contribution in [3.05, 3.63) is 23.3 Å². The first kappa shape index (κ1) is 10.6. The molecule has 74 valence electrons. The van der Waals surface area contributed by atoms with Gasteiger partial charge in [0.15, 0.2) is 0 Å². The fraction of sp³-hybridized carbons (Fsp3) is 0.692. The third kappa shape index (κ3) is 3.02. The zero-order valence-electron chi connectivity index (χ0n) is 9.65. The molecular formula is C13H22. The lowest BCUT2D eigenvalue weighted by Crippen LogP contribution is -2.05. The first-order valence-corrected chi connectivity index (χ1v) is 5.29. The van der Waals surface area contributed by atoms with E-state index < -0.39 is 0 Å². The fourth-order valence-corrected chi connectivity index (χ4v) is 1.77. The molecule has 0 unspecified atom stereocenters. The zero-order chi connectivity index (χ0) is 10.1. The van der Waals surface area contributed by atoms with E-state index >= 15 is 0 Å². The van der Waals surface area contributed by atoms with Gasteiger partial charge in [-0.25, -0.2) is 0 Å². The van der Waals surface area contributed by atoms with Gasteiger partial charge in [-0.05, 0) is 29.7 Å². The molecule has 1 aliphatic rings. The molecule has 0 saturated heterocycles. The predicted molar refractivity (Wildman–Crippen MR) is 59.7 cm³/mol. The molecule has 0 amide bonds. The van der Waals surface area contributed by atoms with E-state index in [4.69, 9.17) is 0 Å². The Morgan fingerprint density at radius 1 is 1.31 bits per heavy atom. The van der Waals surface area contributed by atoms with Crippen molar-refractivity contribution >= 4 is 0 Å². The average molecular weight is 178 g/mol. The minimum absolute atomic E-state index is 0.332. The number of hydrogen-bond acceptors (Lipinski definition) is 0. The normalized spacial score (nSPS) is 17.7. The monoisotopic (exact) mass is 178 g/mol. The summed E-state index contributed by atoms with van der Waals surface area (Å²) < 4.78 is 0. The van der Waals surface area contributed by atoms with Gasteiger partial charge < -0.3 is 0 Å². The lowest BCUT2D eigenvalue weighted by molar-refractivity contribution is 0.517. The molecule has 0 nitrogen and oxygen atoms in total. The second-order valence-corrected chi connectivity index (χ2v) is 5.51. The molecular weight excluding hydrogens is 156 g/mol. The number of allylic oxidation sites excluding steroid dienone is 4. The highest BCUT2D eigenvalue weighted by molar-refractivity contribution is 5.36. The van der Waals surface area contributed by atoms with E-state index in [0.717, 1.165) is 5.92 Å². The molecule has 0 bridgehead atoms. The van der Waals surface area contributed by atoms with Crippen LogP contribution in [0.2, 0.25) is 0 Å². The van der Waals surface area contributed by atoms with E-state index in [-0.39, 0.29) is 0 Å². The third-order valence-corrected chi connectivity index (χ3v) is 2.48. The van der Waals surface area contributed by atoms with Gasteiger partial charge in [-0.15, -0.1) is 0 Å². The van der Waals surface area contributed by atoms with Gasteiger partial charge in [-0.3, -0.25) is 0 Å². The first-order valence-electron chi connectivity index (χ1n) is 5.29. The summed E-state index contributed by atoms with van der Waals surface area (Å²) in [6.07, 6.45) is 7.23. The summed E-state index contributed by atoms with van der Waals surface area (Å²) in [6.45, 7) is 11.4. The van der Waals surface area contributed by atoms with Crippen molar-refractivity contribution < 1.29 is 0 Å². The zero-order valence-corrected chi connectivity index (χ0v) is 9.65. The summed E-state index contributed by atoms with van der Waals surface area (Å²) >= 11 is 0. The number of rotatable bonds is 2. The first-order chi connectivity index (χ1) is 5.89. The van der Waals surface area contributed by atoms with Crippen LogP contribution in [-0.4, -0.2) is 0 Å². The highest BCUT2D eigenvalue weighted by Gasteiger charge is 2.19. The largest absolute Gasteiger partial charge is 0.0767 e. The molecule has 0 N–H and O–H groups in total. The Morgan fingerprint density at radius 2 is 1.92 bits per heavy atom. The van der Waals surface area contributed by atoms with Crippen LogP contribution in [0.5, 0.6) is 0 Å². The van der Waals surface area contributed by atoms with Gasteiger partial charge in [0, 0.05) is 0 Å². The molecule has 0 fully saturated rings. The molecule has 0 spiro atoms. The van der Waals surface area contributed by atoms with Crippen LogP contribution >= 0.6 is 0 Å². The van der Waals surface area contributed by atoms with E-state index in [1.165, 1.54) is 18.4 Å². The van der Waals surface area contributed by atoms with Crippen LogP contribution < -0.4 is 0 Å². The van der Waals surface area contributed by atoms with E-state index in [1.807, 2.05) is 0 Å². The van der Waals surface area contributed by atoms with E-state index in [2.05, 4.69) is 46.8 Å². The van der Waals surface area contributed by atoms with Crippen molar-refractivity contribution in [1.82, 2.24) is 0 Å². The maximum atomic E-state index is 2.40. The van der Waals surface area contributed by atoms with Crippen LogP contribution in [0.3, 0.4) is 0 Å². The van der Waals surface area contributed by atoms with Crippen molar-refractivity contribution in [2.45, 2.75) is 47.5 Å². The highest BCUT2D eigenvalue weighted by Crippen LogP contribution is 2.34. The van der Waals surface area contributed by atoms with Gasteiger partial charge in [-0.2, -0.15) is 0 Å². The molecule has 0 aromatic rings. The van der Waals surface area contributed by atoms with E-state index in [9.17, 15) is 0 Å². The average Bonchev–Trinajstić information content (AvgIpc) is 2.32. The van der Waals surface area contributed by atoms with Crippen molar-refractivity contribution in [2.75, 3.05) is 0 Å². The second kappa shape index (κ2) is 3.69. The quantitative estimate of drug-likeness (QED) is 0.590. The lowest BCUT2D eigenvalue weighted by atomic mass is 9.87. The summed E-state index contributed by atoms with van der Waals surface area (Å²) in [4.78, 5) is 0. The van der Waals surface area contributed by atoms with Gasteiger partial charge in [0.2, 0.25) is 0 Å². The van der Waals surface area contributed by atoms with Crippen molar-refractivity contribution in [3.63, 3.8) is 0 Å². The van der Waals surface area contributed by atoms with Gasteiger partial charge in [0.05, 0.1) is 0 Å². The van der Waals surface area contributed by atoms with Gasteiger partial charge in [0.25, 0.3) is 0 Å². The van der Waals surface area contributed by atoms with Crippen LogP contribution in [0.1, 0.15) is 47.5 Å². The fourth-order valence-electron chi connectivity index (χ4n) is 1.77. The standard InChI is InChI=1S/C13H22/c1-10(2)8-11-6-7-12(9-11)13(3,4)5/h7,9-10H,6,8H2,1-5H3. The van der Waals surface area contributed by atoms with Crippen molar-refractivity contribution in [3.8, 4) is 0 Å². The Kier molecular flexibility index (Phi) is 3.00. The van der Waals surface area contributed by atoms with Crippen LogP contribution in [0.15, 0.2) is 23.3 Å². The Balaban J connectivity index is 2.61. The van der Waals surface area contributed by atoms with E-state index in [0.29, 0.717) is 5.41 Å². The number of hydrogen-bond donors (Lipinski definition) is 0. The second-order valence-electron chi connectivity index (χ2n) is 5.51. The molecule has 0 aromatic heterocycles. The molecule has 0 saturated carbocycles. The Morgan fingerprint density at radius 3 is 2.31 bits per heavy atom. The Bertz CT molecular complexity index is 233. The van der Waals surface area contributed by atoms with Crippen molar-refractivity contribution in [2.24, 2.45) is 11.3 Å². The van der Waals surface area contributed by atoms with E-state index in [1.54, 1.807) is 5.57 Å². The van der Waals surface area contributed by atoms with Crippen LogP contribution in [0.25, 0.3) is 0 Å². The minimum Gasteiger partial charge on any atom is -0.0767 e. The molecule has 0 aromatic carbocycles. The highest BCUT2D eigenvalue weighted by atomic mass is 14.2. The smallest absolute Gasteiger partial charge is 0.0129 e. The molecule has 0 aliphatic heterocycles.